The summed E-state index contributed by atoms with van der Waals surface area (Å²) in [5.74, 6) is -0.135. The van der Waals surface area contributed by atoms with Gasteiger partial charge >= 0.3 is 0 Å². The SMILES string of the molecule is CCN(CC)CCN(C(=O)CCCS(=O)(=O)c1ccccc1)c1nc2cc(C)cc(C)c2s1. The van der Waals surface area contributed by atoms with Crippen LogP contribution in [-0.2, 0) is 14.6 Å². The van der Waals surface area contributed by atoms with Gasteiger partial charge in [-0.1, -0.05) is 49.4 Å². The van der Waals surface area contributed by atoms with Crippen molar-refractivity contribution in [3.05, 3.63) is 53.6 Å². The number of anilines is 1. The highest BCUT2D eigenvalue weighted by Gasteiger charge is 2.22. The minimum absolute atomic E-state index is 0.0508. The first kappa shape index (κ1) is 25.3. The highest BCUT2D eigenvalue weighted by molar-refractivity contribution is 7.91. The van der Waals surface area contributed by atoms with Gasteiger partial charge in [-0.25, -0.2) is 13.4 Å². The van der Waals surface area contributed by atoms with E-state index in [1.165, 1.54) is 11.3 Å². The van der Waals surface area contributed by atoms with E-state index in [0.29, 0.717) is 16.6 Å². The van der Waals surface area contributed by atoms with Crippen molar-refractivity contribution in [1.29, 1.82) is 0 Å². The molecule has 0 radical (unpaired) electrons. The Labute approximate surface area is 201 Å². The fraction of sp³-hybridized carbons (Fsp3) is 0.440. The summed E-state index contributed by atoms with van der Waals surface area (Å²) in [6.45, 7) is 11.4. The zero-order chi connectivity index (χ0) is 24.0. The standard InChI is InChI=1S/C25H33N3O3S2/c1-5-27(6-2)14-15-28(25-26-22-18-19(3)17-20(4)24(22)32-25)23(29)13-10-16-33(30,31)21-11-8-7-9-12-21/h7-9,11-12,17-18H,5-6,10,13-16H2,1-4H3. The van der Waals surface area contributed by atoms with Crippen molar-refractivity contribution in [2.45, 2.75) is 45.4 Å². The highest BCUT2D eigenvalue weighted by Crippen LogP contribution is 2.32. The van der Waals surface area contributed by atoms with E-state index in [2.05, 4.69) is 31.7 Å². The zero-order valence-electron chi connectivity index (χ0n) is 19.9. The fourth-order valence-corrected chi connectivity index (χ4v) is 6.27. The molecule has 0 aliphatic heterocycles. The smallest absolute Gasteiger partial charge is 0.228 e. The minimum Gasteiger partial charge on any atom is -0.302 e. The fourth-order valence-electron chi connectivity index (χ4n) is 3.88. The van der Waals surface area contributed by atoms with Gasteiger partial charge in [0.15, 0.2) is 15.0 Å². The topological polar surface area (TPSA) is 70.6 Å². The van der Waals surface area contributed by atoms with Crippen LogP contribution in [0.15, 0.2) is 47.4 Å². The molecule has 0 atom stereocenters. The first-order valence-electron chi connectivity index (χ1n) is 11.4. The summed E-state index contributed by atoms with van der Waals surface area (Å²) in [6, 6.07) is 12.6. The second-order valence-electron chi connectivity index (χ2n) is 8.23. The van der Waals surface area contributed by atoms with Crippen molar-refractivity contribution in [2.75, 3.05) is 36.8 Å². The number of aryl methyl sites for hydroxylation is 2. The van der Waals surface area contributed by atoms with Crippen LogP contribution in [0.25, 0.3) is 10.2 Å². The molecule has 8 heteroatoms. The molecule has 33 heavy (non-hydrogen) atoms. The number of aromatic nitrogens is 1. The summed E-state index contributed by atoms with van der Waals surface area (Å²) in [4.78, 5) is 22.3. The molecule has 0 aliphatic carbocycles. The third-order valence-electron chi connectivity index (χ3n) is 5.78. The maximum atomic E-state index is 13.3. The zero-order valence-corrected chi connectivity index (χ0v) is 21.5. The average Bonchev–Trinajstić information content (AvgIpc) is 3.21. The van der Waals surface area contributed by atoms with Gasteiger partial charge in [0.25, 0.3) is 0 Å². The van der Waals surface area contributed by atoms with E-state index in [1.54, 1.807) is 35.2 Å². The number of benzene rings is 2. The first-order valence-corrected chi connectivity index (χ1v) is 13.9. The maximum Gasteiger partial charge on any atom is 0.228 e. The van der Waals surface area contributed by atoms with Crippen LogP contribution in [0.1, 0.15) is 37.8 Å². The molecule has 0 bridgehead atoms. The Kier molecular flexibility index (Phi) is 8.62. The summed E-state index contributed by atoms with van der Waals surface area (Å²) in [7, 11) is -3.40. The molecule has 3 aromatic rings. The molecule has 1 aromatic heterocycles. The number of carbonyl (C=O) groups is 1. The van der Waals surface area contributed by atoms with Gasteiger partial charge in [-0.15, -0.1) is 0 Å². The number of fused-ring (bicyclic) bond motifs is 1. The van der Waals surface area contributed by atoms with E-state index in [1.807, 2.05) is 13.0 Å². The van der Waals surface area contributed by atoms with Crippen LogP contribution in [0.4, 0.5) is 5.13 Å². The van der Waals surface area contributed by atoms with E-state index < -0.39 is 9.84 Å². The number of amides is 1. The molecule has 1 amide bonds. The lowest BCUT2D eigenvalue weighted by atomic mass is 10.1. The first-order chi connectivity index (χ1) is 15.7. The van der Waals surface area contributed by atoms with Gasteiger partial charge < -0.3 is 4.90 Å². The quantitative estimate of drug-likeness (QED) is 0.387. The molecule has 2 aromatic carbocycles. The Balaban J connectivity index is 1.77. The van der Waals surface area contributed by atoms with Crippen LogP contribution < -0.4 is 4.90 Å². The second-order valence-corrected chi connectivity index (χ2v) is 11.3. The number of nitrogens with zero attached hydrogens (tertiary/aromatic N) is 3. The molecule has 3 rings (SSSR count). The van der Waals surface area contributed by atoms with Gasteiger partial charge in [0.2, 0.25) is 5.91 Å². The predicted molar refractivity (Wildman–Crippen MR) is 137 cm³/mol. The summed E-state index contributed by atoms with van der Waals surface area (Å²) in [5.41, 5.74) is 3.20. The van der Waals surface area contributed by atoms with Crippen molar-refractivity contribution in [1.82, 2.24) is 9.88 Å². The Bertz CT molecular complexity index is 1190. The van der Waals surface area contributed by atoms with Crippen molar-refractivity contribution in [3.63, 3.8) is 0 Å². The summed E-state index contributed by atoms with van der Waals surface area (Å²) in [6.07, 6.45) is 0.444. The second kappa shape index (κ2) is 11.2. The minimum atomic E-state index is -3.40. The van der Waals surface area contributed by atoms with Crippen LogP contribution >= 0.6 is 11.3 Å². The monoisotopic (exact) mass is 487 g/mol. The largest absolute Gasteiger partial charge is 0.302 e. The Morgan fingerprint density at radius 2 is 1.73 bits per heavy atom. The van der Waals surface area contributed by atoms with Crippen molar-refractivity contribution in [3.8, 4) is 0 Å². The van der Waals surface area contributed by atoms with Gasteiger partial charge in [-0.2, -0.15) is 0 Å². The van der Waals surface area contributed by atoms with Crippen LogP contribution in [0.2, 0.25) is 0 Å². The molecular weight excluding hydrogens is 454 g/mol. The predicted octanol–water partition coefficient (Wildman–Crippen LogP) is 4.84. The number of hydrogen-bond acceptors (Lipinski definition) is 6. The van der Waals surface area contributed by atoms with Gasteiger partial charge in [-0.3, -0.25) is 9.69 Å². The van der Waals surface area contributed by atoms with Crippen molar-refractivity contribution >= 4 is 42.4 Å². The normalized spacial score (nSPS) is 11.9. The third kappa shape index (κ3) is 6.40. The van der Waals surface area contributed by atoms with Gasteiger partial charge in [-0.05, 0) is 62.7 Å². The van der Waals surface area contributed by atoms with Crippen molar-refractivity contribution < 1.29 is 13.2 Å². The third-order valence-corrected chi connectivity index (χ3v) is 8.83. The summed E-state index contributed by atoms with van der Waals surface area (Å²) < 4.78 is 26.3. The van der Waals surface area contributed by atoms with E-state index in [9.17, 15) is 13.2 Å². The lowest BCUT2D eigenvalue weighted by molar-refractivity contribution is -0.118. The number of carbonyl (C=O) groups excluding carboxylic acids is 1. The molecule has 178 valence electrons. The molecule has 0 fully saturated rings. The number of hydrogen-bond donors (Lipinski definition) is 0. The molecule has 0 N–H and O–H groups in total. The van der Waals surface area contributed by atoms with Crippen LogP contribution in [0, 0.1) is 13.8 Å². The van der Waals surface area contributed by atoms with E-state index in [4.69, 9.17) is 4.98 Å². The Morgan fingerprint density at radius 1 is 1.03 bits per heavy atom. The summed E-state index contributed by atoms with van der Waals surface area (Å²) in [5, 5.41) is 0.682. The van der Waals surface area contributed by atoms with E-state index in [-0.39, 0.29) is 24.5 Å². The lowest BCUT2D eigenvalue weighted by Gasteiger charge is -2.24. The molecule has 1 heterocycles. The van der Waals surface area contributed by atoms with Gasteiger partial charge in [0, 0.05) is 19.5 Å². The molecule has 0 unspecified atom stereocenters. The van der Waals surface area contributed by atoms with Gasteiger partial charge in [0.05, 0.1) is 20.9 Å². The number of sulfone groups is 1. The highest BCUT2D eigenvalue weighted by atomic mass is 32.2. The molecule has 6 nitrogen and oxygen atoms in total. The molecular formula is C25H33N3O3S2. The average molecular weight is 488 g/mol. The van der Waals surface area contributed by atoms with E-state index >= 15 is 0 Å². The Morgan fingerprint density at radius 3 is 2.39 bits per heavy atom. The van der Waals surface area contributed by atoms with Crippen molar-refractivity contribution in [2.24, 2.45) is 0 Å². The maximum absolute atomic E-state index is 13.3. The van der Waals surface area contributed by atoms with E-state index in [0.717, 1.165) is 41.0 Å². The van der Waals surface area contributed by atoms with Gasteiger partial charge in [0.1, 0.15) is 0 Å². The van der Waals surface area contributed by atoms with Crippen LogP contribution in [0.5, 0.6) is 0 Å². The molecule has 0 spiro atoms. The number of likely N-dealkylation sites (N-methyl/N-ethyl adjacent to an activating group) is 1. The van der Waals surface area contributed by atoms with Crippen LogP contribution in [-0.4, -0.2) is 56.1 Å². The Hall–Kier alpha value is -2.29. The summed E-state index contributed by atoms with van der Waals surface area (Å²) >= 11 is 1.53. The molecule has 0 saturated heterocycles. The molecule has 0 saturated carbocycles. The van der Waals surface area contributed by atoms with Crippen LogP contribution in [0.3, 0.4) is 0 Å². The number of thiazole rings is 1. The lowest BCUT2D eigenvalue weighted by Crippen LogP contribution is -2.38. The number of rotatable bonds is 11. The molecule has 0 aliphatic rings.